The first-order chi connectivity index (χ1) is 15.2. The van der Waals surface area contributed by atoms with Gasteiger partial charge in [0, 0.05) is 18.5 Å². The smallest absolute Gasteiger partial charge is 0.319 e. The number of carbonyl (C=O) groups excluding carboxylic acids is 1. The summed E-state index contributed by atoms with van der Waals surface area (Å²) in [6.07, 6.45) is 1.27. The Bertz CT molecular complexity index is 1100. The van der Waals surface area contributed by atoms with E-state index in [1.54, 1.807) is 35.1 Å². The maximum absolute atomic E-state index is 13.8. The van der Waals surface area contributed by atoms with Crippen LogP contribution in [0, 0.1) is 5.82 Å². The quantitative estimate of drug-likeness (QED) is 0.569. The number of hydrogen-bond donors (Lipinski definition) is 3. The summed E-state index contributed by atoms with van der Waals surface area (Å²) in [5.41, 5.74) is 2.53. The number of nitrogens with zero attached hydrogens (tertiary/aromatic N) is 4. The van der Waals surface area contributed by atoms with Crippen LogP contribution >= 0.6 is 0 Å². The van der Waals surface area contributed by atoms with Crippen molar-refractivity contribution >= 4 is 17.5 Å². The van der Waals surface area contributed by atoms with Crippen molar-refractivity contribution in [3.8, 4) is 5.69 Å². The van der Waals surface area contributed by atoms with Crippen LogP contribution in [-0.2, 0) is 12.0 Å². The van der Waals surface area contributed by atoms with Gasteiger partial charge in [0.1, 0.15) is 11.6 Å². The van der Waals surface area contributed by atoms with Crippen molar-refractivity contribution in [3.05, 3.63) is 65.9 Å². The number of rotatable bonds is 5. The number of carbonyl (C=O) groups is 1. The Balaban J connectivity index is 1.43. The molecule has 0 atom stereocenters. The molecule has 2 aromatic heterocycles. The van der Waals surface area contributed by atoms with Crippen molar-refractivity contribution in [3.63, 3.8) is 0 Å². The first kappa shape index (κ1) is 21.8. The van der Waals surface area contributed by atoms with Gasteiger partial charge in [0.15, 0.2) is 0 Å². The minimum absolute atomic E-state index is 0.199. The molecule has 3 N–H and O–H groups in total. The molecular formula is C23H27FN6O2. The number of amides is 2. The largest absolute Gasteiger partial charge is 0.389 e. The van der Waals surface area contributed by atoms with E-state index in [0.29, 0.717) is 24.5 Å². The lowest BCUT2D eigenvalue weighted by molar-refractivity contribution is 0.141. The fraction of sp³-hybridized carbons (Fsp3) is 0.348. The third-order valence-electron chi connectivity index (χ3n) is 5.23. The second-order valence-electron chi connectivity index (χ2n) is 8.93. The Morgan fingerprint density at radius 3 is 2.62 bits per heavy atom. The lowest BCUT2D eigenvalue weighted by Gasteiger charge is -2.36. The van der Waals surface area contributed by atoms with Crippen LogP contribution in [0.3, 0.4) is 0 Å². The first-order valence-corrected chi connectivity index (χ1v) is 10.5. The molecule has 9 heteroatoms. The summed E-state index contributed by atoms with van der Waals surface area (Å²) in [6, 6.07) is 11.3. The highest BCUT2D eigenvalue weighted by atomic mass is 19.1. The van der Waals surface area contributed by atoms with Gasteiger partial charge in [-0.2, -0.15) is 5.10 Å². The molecule has 1 aromatic carbocycles. The van der Waals surface area contributed by atoms with Crippen LogP contribution in [0.5, 0.6) is 0 Å². The Hall–Kier alpha value is -3.46. The molecular weight excluding hydrogens is 411 g/mol. The van der Waals surface area contributed by atoms with E-state index in [1.807, 2.05) is 31.7 Å². The van der Waals surface area contributed by atoms with Gasteiger partial charge in [-0.05, 0) is 36.4 Å². The van der Waals surface area contributed by atoms with Gasteiger partial charge in [-0.3, -0.25) is 0 Å². The van der Waals surface area contributed by atoms with E-state index in [2.05, 4.69) is 20.7 Å². The number of pyridine rings is 1. The normalized spacial score (nSPS) is 14.2. The molecule has 1 fully saturated rings. The molecule has 1 saturated heterocycles. The van der Waals surface area contributed by atoms with Gasteiger partial charge in [0.05, 0.1) is 41.6 Å². The Morgan fingerprint density at radius 2 is 2.00 bits per heavy atom. The molecule has 0 radical (unpaired) electrons. The molecule has 4 rings (SSSR count). The van der Waals surface area contributed by atoms with Gasteiger partial charge >= 0.3 is 6.03 Å². The van der Waals surface area contributed by atoms with Crippen LogP contribution in [0.2, 0.25) is 0 Å². The average Bonchev–Trinajstić information content (AvgIpc) is 3.16. The highest BCUT2D eigenvalue weighted by molar-refractivity contribution is 5.89. The zero-order chi connectivity index (χ0) is 22.9. The van der Waals surface area contributed by atoms with E-state index in [4.69, 9.17) is 0 Å². The number of urea groups is 1. The second-order valence-corrected chi connectivity index (χ2v) is 8.93. The van der Waals surface area contributed by atoms with Crippen molar-refractivity contribution in [2.24, 2.45) is 0 Å². The van der Waals surface area contributed by atoms with Gasteiger partial charge in [-0.1, -0.05) is 26.8 Å². The Morgan fingerprint density at radius 1 is 1.22 bits per heavy atom. The summed E-state index contributed by atoms with van der Waals surface area (Å²) in [4.78, 5) is 18.7. The third kappa shape index (κ3) is 4.88. The summed E-state index contributed by atoms with van der Waals surface area (Å²) < 4.78 is 15.4. The average molecular weight is 439 g/mol. The highest BCUT2D eigenvalue weighted by Crippen LogP contribution is 2.24. The number of anilines is 2. The molecule has 0 bridgehead atoms. The third-order valence-corrected chi connectivity index (χ3v) is 5.23. The van der Waals surface area contributed by atoms with Crippen LogP contribution in [0.4, 0.5) is 20.7 Å². The molecule has 168 valence electrons. The summed E-state index contributed by atoms with van der Waals surface area (Å²) >= 11 is 0. The van der Waals surface area contributed by atoms with E-state index in [1.165, 1.54) is 12.1 Å². The van der Waals surface area contributed by atoms with Gasteiger partial charge in [-0.25, -0.2) is 18.9 Å². The fourth-order valence-electron chi connectivity index (χ4n) is 3.38. The Kier molecular flexibility index (Phi) is 5.84. The zero-order valence-electron chi connectivity index (χ0n) is 18.3. The SMILES string of the molecule is CC(C)(C)c1cc(CNC(=O)Nc2ccc(N3CC(O)C3)nc2)n(-c2cccc(F)c2)n1. The van der Waals surface area contributed by atoms with Crippen LogP contribution in [0.25, 0.3) is 5.69 Å². The molecule has 1 aliphatic rings. The number of benzene rings is 1. The molecule has 2 amide bonds. The maximum Gasteiger partial charge on any atom is 0.319 e. The van der Waals surface area contributed by atoms with Crippen molar-refractivity contribution < 1.29 is 14.3 Å². The molecule has 0 spiro atoms. The lowest BCUT2D eigenvalue weighted by atomic mass is 9.92. The van der Waals surface area contributed by atoms with E-state index < -0.39 is 0 Å². The van der Waals surface area contributed by atoms with Crippen molar-refractivity contribution in [1.82, 2.24) is 20.1 Å². The molecule has 1 aliphatic heterocycles. The molecule has 0 saturated carbocycles. The highest BCUT2D eigenvalue weighted by Gasteiger charge is 2.25. The van der Waals surface area contributed by atoms with Crippen molar-refractivity contribution in [2.75, 3.05) is 23.3 Å². The molecule has 0 unspecified atom stereocenters. The summed E-state index contributed by atoms with van der Waals surface area (Å²) in [7, 11) is 0. The summed E-state index contributed by atoms with van der Waals surface area (Å²) in [5.74, 6) is 0.408. The summed E-state index contributed by atoms with van der Waals surface area (Å²) in [6.45, 7) is 7.49. The predicted octanol–water partition coefficient (Wildman–Crippen LogP) is 3.21. The number of aliphatic hydroxyl groups excluding tert-OH is 1. The minimum Gasteiger partial charge on any atom is -0.389 e. The first-order valence-electron chi connectivity index (χ1n) is 10.5. The van der Waals surface area contributed by atoms with Gasteiger partial charge in [0.25, 0.3) is 0 Å². The van der Waals surface area contributed by atoms with Crippen molar-refractivity contribution in [1.29, 1.82) is 0 Å². The van der Waals surface area contributed by atoms with E-state index in [-0.39, 0.29) is 29.9 Å². The number of aliphatic hydroxyl groups is 1. The van der Waals surface area contributed by atoms with E-state index in [0.717, 1.165) is 17.2 Å². The molecule has 3 aromatic rings. The van der Waals surface area contributed by atoms with Crippen LogP contribution < -0.4 is 15.5 Å². The minimum atomic E-state index is -0.386. The molecule has 8 nitrogen and oxygen atoms in total. The van der Waals surface area contributed by atoms with Gasteiger partial charge in [-0.15, -0.1) is 0 Å². The number of hydrogen-bond acceptors (Lipinski definition) is 5. The fourth-order valence-corrected chi connectivity index (χ4v) is 3.38. The molecule has 32 heavy (non-hydrogen) atoms. The zero-order valence-corrected chi connectivity index (χ0v) is 18.3. The number of nitrogens with one attached hydrogen (secondary N) is 2. The van der Waals surface area contributed by atoms with E-state index in [9.17, 15) is 14.3 Å². The summed E-state index contributed by atoms with van der Waals surface area (Å²) in [5, 5.41) is 19.6. The number of halogens is 1. The monoisotopic (exact) mass is 438 g/mol. The second kappa shape index (κ2) is 8.58. The lowest BCUT2D eigenvalue weighted by Crippen LogP contribution is -2.51. The van der Waals surface area contributed by atoms with E-state index >= 15 is 0 Å². The number of β-amino-alcohol motifs (C(OH)–C–C–N with tert-alkyl or cyclic N) is 1. The van der Waals surface area contributed by atoms with Crippen LogP contribution in [0.1, 0.15) is 32.2 Å². The maximum atomic E-state index is 13.8. The number of aromatic nitrogens is 3. The van der Waals surface area contributed by atoms with Gasteiger partial charge in [0.2, 0.25) is 0 Å². The Labute approximate surface area is 186 Å². The topological polar surface area (TPSA) is 95.3 Å². The van der Waals surface area contributed by atoms with Gasteiger partial charge < -0.3 is 20.6 Å². The van der Waals surface area contributed by atoms with Crippen molar-refractivity contribution in [2.45, 2.75) is 38.8 Å². The predicted molar refractivity (Wildman–Crippen MR) is 121 cm³/mol. The molecule has 3 heterocycles. The van der Waals surface area contributed by atoms with Crippen LogP contribution in [0.15, 0.2) is 48.7 Å². The molecule has 0 aliphatic carbocycles. The standard InChI is InChI=1S/C23H27FN6O2/c1-23(2,3)20-10-18(30(28-20)17-6-4-5-15(24)9-17)12-26-22(32)27-16-7-8-21(25-11-16)29-13-19(31)14-29/h4-11,19,31H,12-14H2,1-3H3,(H2,26,27,32). The van der Waals surface area contributed by atoms with Crippen LogP contribution in [-0.4, -0.2) is 45.1 Å².